The smallest absolute Gasteiger partial charge is 0.408 e. The largest absolute Gasteiger partial charge is 0.480 e. The molecule has 3 rings (SSSR count). The maximum absolute atomic E-state index is 12.2. The van der Waals surface area contributed by atoms with Crippen LogP contribution in [0.25, 0.3) is 10.9 Å². The summed E-state index contributed by atoms with van der Waals surface area (Å²) in [5.41, 5.74) is 2.35. The number of nitrogens with one attached hydrogen (secondary N) is 2. The molecule has 3 aromatic rings. The van der Waals surface area contributed by atoms with Gasteiger partial charge in [-0.2, -0.15) is 5.10 Å². The van der Waals surface area contributed by atoms with Gasteiger partial charge in [0.25, 0.3) is 0 Å². The molecule has 1 heterocycles. The quantitative estimate of drug-likeness (QED) is 0.454. The van der Waals surface area contributed by atoms with E-state index in [2.05, 4.69) is 15.5 Å². The number of aliphatic carboxylic acids is 1. The van der Waals surface area contributed by atoms with E-state index in [4.69, 9.17) is 21.1 Å². The third-order valence-corrected chi connectivity index (χ3v) is 4.84. The number of esters is 1. The van der Waals surface area contributed by atoms with E-state index in [1.165, 1.54) is 13.1 Å². The summed E-state index contributed by atoms with van der Waals surface area (Å²) in [7, 11) is 0. The van der Waals surface area contributed by atoms with Gasteiger partial charge in [-0.05, 0) is 17.2 Å². The Kier molecular flexibility index (Phi) is 7.09. The van der Waals surface area contributed by atoms with Crippen LogP contribution in [0, 0.1) is 0 Å². The van der Waals surface area contributed by atoms with Gasteiger partial charge in [-0.1, -0.05) is 41.9 Å². The summed E-state index contributed by atoms with van der Waals surface area (Å²) in [5, 5.41) is 19.6. The summed E-state index contributed by atoms with van der Waals surface area (Å²) in [6, 6.07) is 9.28. The Balaban J connectivity index is 1.78. The van der Waals surface area contributed by atoms with E-state index in [1.807, 2.05) is 6.07 Å². The molecule has 162 valence electrons. The highest BCUT2D eigenvalue weighted by Gasteiger charge is 2.24. The standard InChI is InChI=1S/C21H20ClN3O6/c1-12(26)30-11-16-14(7-17(22)19-15(16)9-23-25-19)8-18(20(27)28)24-21(29)31-10-13-5-3-2-4-6-13/h2-7,9,18H,8,10-11H2,1H3,(H,23,25)(H,24,29)(H,27,28)/t18-/m1/s1. The summed E-state index contributed by atoms with van der Waals surface area (Å²) in [6.07, 6.45) is 0.543. The van der Waals surface area contributed by atoms with Crippen molar-refractivity contribution in [3.05, 3.63) is 64.3 Å². The summed E-state index contributed by atoms with van der Waals surface area (Å²) in [4.78, 5) is 35.2. The van der Waals surface area contributed by atoms with E-state index in [0.29, 0.717) is 27.1 Å². The highest BCUT2D eigenvalue weighted by Crippen LogP contribution is 2.29. The van der Waals surface area contributed by atoms with E-state index in [0.717, 1.165) is 5.56 Å². The minimum atomic E-state index is -1.29. The molecule has 1 amide bonds. The lowest BCUT2D eigenvalue weighted by Crippen LogP contribution is -2.42. The SMILES string of the molecule is CC(=O)OCc1c(C[C@@H](NC(=O)OCc2ccccc2)C(=O)O)cc(Cl)c2[nH]ncc12. The van der Waals surface area contributed by atoms with Gasteiger partial charge in [0.1, 0.15) is 19.3 Å². The maximum atomic E-state index is 12.2. The molecule has 31 heavy (non-hydrogen) atoms. The van der Waals surface area contributed by atoms with Crippen molar-refractivity contribution in [3.63, 3.8) is 0 Å². The van der Waals surface area contributed by atoms with Gasteiger partial charge in [0.15, 0.2) is 0 Å². The fourth-order valence-corrected chi connectivity index (χ4v) is 3.31. The number of aromatic amines is 1. The molecular weight excluding hydrogens is 426 g/mol. The van der Waals surface area contributed by atoms with Crippen molar-refractivity contribution in [2.24, 2.45) is 0 Å². The molecule has 0 saturated heterocycles. The van der Waals surface area contributed by atoms with Crippen molar-refractivity contribution in [1.29, 1.82) is 0 Å². The Morgan fingerprint density at radius 2 is 1.94 bits per heavy atom. The van der Waals surface area contributed by atoms with Crippen LogP contribution in [-0.4, -0.2) is 39.4 Å². The molecule has 9 nitrogen and oxygen atoms in total. The number of ether oxygens (including phenoxy) is 2. The molecule has 0 fully saturated rings. The number of carbonyl (C=O) groups is 3. The van der Waals surface area contributed by atoms with Crippen molar-refractivity contribution < 1.29 is 29.0 Å². The van der Waals surface area contributed by atoms with E-state index < -0.39 is 24.1 Å². The number of alkyl carbamates (subject to hydrolysis) is 1. The zero-order valence-corrected chi connectivity index (χ0v) is 17.3. The summed E-state index contributed by atoms with van der Waals surface area (Å²) < 4.78 is 10.2. The number of rotatable bonds is 8. The number of nitrogens with zero attached hydrogens (tertiary/aromatic N) is 1. The second-order valence-corrected chi connectivity index (χ2v) is 7.14. The van der Waals surface area contributed by atoms with Gasteiger partial charge >= 0.3 is 18.0 Å². The van der Waals surface area contributed by atoms with Gasteiger partial charge in [0.05, 0.1) is 16.7 Å². The van der Waals surface area contributed by atoms with Crippen LogP contribution in [0.4, 0.5) is 4.79 Å². The van der Waals surface area contributed by atoms with Crippen molar-refractivity contribution in [3.8, 4) is 0 Å². The third kappa shape index (κ3) is 5.73. The van der Waals surface area contributed by atoms with Crippen LogP contribution in [0.5, 0.6) is 0 Å². The monoisotopic (exact) mass is 445 g/mol. The topological polar surface area (TPSA) is 131 Å². The van der Waals surface area contributed by atoms with Crippen molar-refractivity contribution >= 4 is 40.5 Å². The van der Waals surface area contributed by atoms with Crippen molar-refractivity contribution in [2.75, 3.05) is 0 Å². The zero-order chi connectivity index (χ0) is 22.4. The number of aromatic nitrogens is 2. The lowest BCUT2D eigenvalue weighted by molar-refractivity contribution is -0.142. The van der Waals surface area contributed by atoms with Crippen molar-refractivity contribution in [2.45, 2.75) is 32.6 Å². The Morgan fingerprint density at radius 3 is 2.61 bits per heavy atom. The van der Waals surface area contributed by atoms with E-state index >= 15 is 0 Å². The van der Waals surface area contributed by atoms with Crippen LogP contribution in [0.1, 0.15) is 23.6 Å². The third-order valence-electron chi connectivity index (χ3n) is 4.54. The lowest BCUT2D eigenvalue weighted by atomic mass is 9.97. The molecule has 0 bridgehead atoms. The Bertz CT molecular complexity index is 1100. The first-order valence-corrected chi connectivity index (χ1v) is 9.69. The summed E-state index contributed by atoms with van der Waals surface area (Å²) in [6.45, 7) is 1.18. The van der Waals surface area contributed by atoms with Crippen LogP contribution >= 0.6 is 11.6 Å². The van der Waals surface area contributed by atoms with Gasteiger partial charge < -0.3 is 19.9 Å². The molecule has 10 heteroatoms. The average Bonchev–Trinajstić information content (AvgIpc) is 3.22. The second-order valence-electron chi connectivity index (χ2n) is 6.74. The fourth-order valence-electron chi connectivity index (χ4n) is 3.04. The number of benzene rings is 2. The first-order chi connectivity index (χ1) is 14.8. The second kappa shape index (κ2) is 9.94. The first-order valence-electron chi connectivity index (χ1n) is 9.32. The van der Waals surface area contributed by atoms with Crippen LogP contribution < -0.4 is 5.32 Å². The summed E-state index contributed by atoms with van der Waals surface area (Å²) >= 11 is 6.29. The minimum absolute atomic E-state index is 0.00349. The molecule has 2 aromatic carbocycles. The van der Waals surface area contributed by atoms with Gasteiger partial charge in [-0.3, -0.25) is 9.89 Å². The van der Waals surface area contributed by atoms with Crippen LogP contribution in [-0.2, 0) is 38.7 Å². The zero-order valence-electron chi connectivity index (χ0n) is 16.6. The maximum Gasteiger partial charge on any atom is 0.408 e. The van der Waals surface area contributed by atoms with E-state index in [1.54, 1.807) is 30.3 Å². The van der Waals surface area contributed by atoms with Gasteiger partial charge in [0, 0.05) is 24.3 Å². The van der Waals surface area contributed by atoms with E-state index in [9.17, 15) is 19.5 Å². The molecule has 0 spiro atoms. The van der Waals surface area contributed by atoms with Gasteiger partial charge in [-0.15, -0.1) is 0 Å². The molecule has 0 saturated carbocycles. The molecule has 0 aliphatic carbocycles. The molecule has 0 aliphatic rings. The number of halogens is 1. The first kappa shape index (κ1) is 22.1. The number of carbonyl (C=O) groups excluding carboxylic acids is 2. The number of carboxylic acids is 1. The van der Waals surface area contributed by atoms with Crippen LogP contribution in [0.15, 0.2) is 42.6 Å². The van der Waals surface area contributed by atoms with Crippen molar-refractivity contribution in [1.82, 2.24) is 15.5 Å². The molecule has 1 aromatic heterocycles. The van der Waals surface area contributed by atoms with E-state index in [-0.39, 0.29) is 19.6 Å². The highest BCUT2D eigenvalue weighted by atomic mass is 35.5. The van der Waals surface area contributed by atoms with Gasteiger partial charge in [0.2, 0.25) is 0 Å². The number of H-pyrrole nitrogens is 1. The molecule has 0 radical (unpaired) electrons. The van der Waals surface area contributed by atoms with Crippen LogP contribution in [0.2, 0.25) is 5.02 Å². The van der Waals surface area contributed by atoms with Crippen LogP contribution in [0.3, 0.4) is 0 Å². The number of amides is 1. The fraction of sp³-hybridized carbons (Fsp3) is 0.238. The molecule has 0 aliphatic heterocycles. The number of carboxylic acid groups (broad SMARTS) is 1. The number of hydrogen-bond acceptors (Lipinski definition) is 6. The highest BCUT2D eigenvalue weighted by molar-refractivity contribution is 6.35. The molecule has 0 unspecified atom stereocenters. The predicted molar refractivity (Wildman–Crippen MR) is 111 cm³/mol. The minimum Gasteiger partial charge on any atom is -0.480 e. The molecular formula is C21H20ClN3O6. The summed E-state index contributed by atoms with van der Waals surface area (Å²) in [5.74, 6) is -1.74. The average molecular weight is 446 g/mol. The van der Waals surface area contributed by atoms with Gasteiger partial charge in [-0.25, -0.2) is 9.59 Å². The predicted octanol–water partition coefficient (Wildman–Crippen LogP) is 3.20. The normalized spacial score (nSPS) is 11.7. The molecule has 3 N–H and O–H groups in total. The lowest BCUT2D eigenvalue weighted by Gasteiger charge is -2.18. The Labute approximate surface area is 182 Å². The molecule has 1 atom stereocenters. The number of fused-ring (bicyclic) bond motifs is 1. The number of hydrogen-bond donors (Lipinski definition) is 3. The Morgan fingerprint density at radius 1 is 1.19 bits per heavy atom. The Hall–Kier alpha value is -3.59.